The molecule has 0 atom stereocenters. The van der Waals surface area contributed by atoms with Crippen LogP contribution in [0.1, 0.15) is 10.4 Å². The van der Waals surface area contributed by atoms with Gasteiger partial charge in [-0.25, -0.2) is 4.98 Å². The van der Waals surface area contributed by atoms with E-state index < -0.39 is 0 Å². The van der Waals surface area contributed by atoms with Gasteiger partial charge >= 0.3 is 0 Å². The summed E-state index contributed by atoms with van der Waals surface area (Å²) in [5, 5.41) is 5.66. The lowest BCUT2D eigenvalue weighted by Gasteiger charge is -2.09. The van der Waals surface area contributed by atoms with Crippen molar-refractivity contribution in [1.29, 1.82) is 0 Å². The van der Waals surface area contributed by atoms with Crippen molar-refractivity contribution in [3.63, 3.8) is 0 Å². The number of rotatable bonds is 3. The van der Waals surface area contributed by atoms with Gasteiger partial charge in [-0.05, 0) is 34.1 Å². The minimum absolute atomic E-state index is 0.223. The van der Waals surface area contributed by atoms with Crippen LogP contribution in [-0.2, 0) is 0 Å². The van der Waals surface area contributed by atoms with Crippen LogP contribution in [0.5, 0.6) is 0 Å². The molecule has 0 bridgehead atoms. The summed E-state index contributed by atoms with van der Waals surface area (Å²) < 4.78 is 0.751. The number of anilines is 2. The normalized spacial score (nSPS) is 9.89. The van der Waals surface area contributed by atoms with Crippen LogP contribution in [0.25, 0.3) is 0 Å². The molecule has 0 aromatic carbocycles. The highest BCUT2D eigenvalue weighted by molar-refractivity contribution is 9.10. The van der Waals surface area contributed by atoms with E-state index in [0.29, 0.717) is 17.1 Å². The Hall–Kier alpha value is -1.95. The minimum atomic E-state index is -0.223. The number of hydrogen-bond acceptors (Lipinski definition) is 4. The van der Waals surface area contributed by atoms with E-state index in [1.165, 1.54) is 0 Å². The van der Waals surface area contributed by atoms with E-state index in [-0.39, 0.29) is 5.91 Å². The second-order valence-corrected chi connectivity index (χ2v) is 4.41. The molecule has 2 N–H and O–H groups in total. The van der Waals surface area contributed by atoms with Crippen molar-refractivity contribution in [3.8, 4) is 0 Å². The van der Waals surface area contributed by atoms with E-state index in [9.17, 15) is 4.79 Å². The van der Waals surface area contributed by atoms with Gasteiger partial charge in [0.15, 0.2) is 0 Å². The predicted octanol–water partition coefficient (Wildman–Crippen LogP) is 2.53. The number of aromatic nitrogens is 2. The Balaban J connectivity index is 2.26. The van der Waals surface area contributed by atoms with Crippen molar-refractivity contribution < 1.29 is 4.79 Å². The van der Waals surface area contributed by atoms with Gasteiger partial charge in [0.2, 0.25) is 0 Å². The molecule has 2 aromatic rings. The monoisotopic (exact) mass is 306 g/mol. The zero-order valence-corrected chi connectivity index (χ0v) is 11.2. The number of nitrogens with zero attached hydrogens (tertiary/aromatic N) is 2. The average Bonchev–Trinajstić information content (AvgIpc) is 2.40. The summed E-state index contributed by atoms with van der Waals surface area (Å²) in [5.41, 5.74) is 1.17. The van der Waals surface area contributed by atoms with Crippen molar-refractivity contribution >= 4 is 33.3 Å². The van der Waals surface area contributed by atoms with Crippen molar-refractivity contribution in [2.75, 3.05) is 17.7 Å². The number of pyridine rings is 2. The molecule has 0 spiro atoms. The van der Waals surface area contributed by atoms with Gasteiger partial charge in [-0.15, -0.1) is 0 Å². The molecule has 0 aliphatic heterocycles. The molecule has 0 radical (unpaired) electrons. The van der Waals surface area contributed by atoms with Crippen LogP contribution < -0.4 is 10.6 Å². The number of halogens is 1. The summed E-state index contributed by atoms with van der Waals surface area (Å²) in [4.78, 5) is 20.1. The van der Waals surface area contributed by atoms with Crippen molar-refractivity contribution in [3.05, 3.63) is 46.8 Å². The first-order valence-corrected chi connectivity index (χ1v) is 6.04. The quantitative estimate of drug-likeness (QED) is 0.914. The Morgan fingerprint density at radius 1 is 1.33 bits per heavy atom. The van der Waals surface area contributed by atoms with Crippen molar-refractivity contribution in [1.82, 2.24) is 9.97 Å². The third-order valence-corrected chi connectivity index (χ3v) is 2.71. The second kappa shape index (κ2) is 5.59. The van der Waals surface area contributed by atoms with E-state index >= 15 is 0 Å². The van der Waals surface area contributed by atoms with Crippen molar-refractivity contribution in [2.45, 2.75) is 0 Å². The van der Waals surface area contributed by atoms with E-state index in [2.05, 4.69) is 36.5 Å². The molecule has 6 heteroatoms. The molecule has 0 unspecified atom stereocenters. The zero-order valence-electron chi connectivity index (χ0n) is 9.64. The largest absolute Gasteiger partial charge is 0.372 e. The van der Waals surface area contributed by atoms with Gasteiger partial charge in [-0.1, -0.05) is 0 Å². The summed E-state index contributed by atoms with van der Waals surface area (Å²) in [7, 11) is 1.72. The third-order valence-electron chi connectivity index (χ3n) is 2.27. The van der Waals surface area contributed by atoms with E-state index in [1.54, 1.807) is 43.8 Å². The topological polar surface area (TPSA) is 66.9 Å². The number of amides is 1. The lowest BCUT2D eigenvalue weighted by molar-refractivity contribution is 0.102. The van der Waals surface area contributed by atoms with Crippen LogP contribution in [0.2, 0.25) is 0 Å². The maximum Gasteiger partial charge on any atom is 0.259 e. The van der Waals surface area contributed by atoms with Crippen LogP contribution in [0, 0.1) is 0 Å². The SMILES string of the molecule is CNc1ncc(Br)cc1C(=O)Nc1ccncc1. The van der Waals surface area contributed by atoms with Gasteiger partial charge in [0.1, 0.15) is 5.82 Å². The first-order valence-electron chi connectivity index (χ1n) is 5.25. The molecule has 0 saturated heterocycles. The summed E-state index contributed by atoms with van der Waals surface area (Å²) in [6.45, 7) is 0. The lowest BCUT2D eigenvalue weighted by Crippen LogP contribution is -2.14. The molecule has 92 valence electrons. The Bertz CT molecular complexity index is 559. The van der Waals surface area contributed by atoms with Gasteiger partial charge in [-0.2, -0.15) is 0 Å². The fraction of sp³-hybridized carbons (Fsp3) is 0.0833. The molecule has 2 aromatic heterocycles. The maximum atomic E-state index is 12.1. The fourth-order valence-corrected chi connectivity index (χ4v) is 1.78. The predicted molar refractivity (Wildman–Crippen MR) is 73.7 cm³/mol. The Morgan fingerprint density at radius 3 is 2.72 bits per heavy atom. The van der Waals surface area contributed by atoms with Crippen LogP contribution in [-0.4, -0.2) is 22.9 Å². The minimum Gasteiger partial charge on any atom is -0.372 e. The summed E-state index contributed by atoms with van der Waals surface area (Å²) in [5.74, 6) is 0.309. The van der Waals surface area contributed by atoms with Crippen LogP contribution in [0.3, 0.4) is 0 Å². The van der Waals surface area contributed by atoms with E-state index in [4.69, 9.17) is 0 Å². The van der Waals surface area contributed by atoms with Crippen LogP contribution >= 0.6 is 15.9 Å². The molecular formula is C12H11BrN4O. The summed E-state index contributed by atoms with van der Waals surface area (Å²) in [6.07, 6.45) is 4.87. The third kappa shape index (κ3) is 2.84. The first-order chi connectivity index (χ1) is 8.70. The molecule has 18 heavy (non-hydrogen) atoms. The molecular weight excluding hydrogens is 296 g/mol. The van der Waals surface area contributed by atoms with Crippen LogP contribution in [0.15, 0.2) is 41.3 Å². The molecule has 0 fully saturated rings. The molecule has 0 aliphatic rings. The zero-order chi connectivity index (χ0) is 13.0. The highest BCUT2D eigenvalue weighted by Crippen LogP contribution is 2.19. The van der Waals surface area contributed by atoms with Crippen LogP contribution in [0.4, 0.5) is 11.5 Å². The highest BCUT2D eigenvalue weighted by Gasteiger charge is 2.12. The number of hydrogen-bond donors (Lipinski definition) is 2. The van der Waals surface area contributed by atoms with Gasteiger partial charge in [-0.3, -0.25) is 9.78 Å². The first kappa shape index (κ1) is 12.5. The molecule has 5 nitrogen and oxygen atoms in total. The van der Waals surface area contributed by atoms with E-state index in [0.717, 1.165) is 4.47 Å². The standard InChI is InChI=1S/C12H11BrN4O/c1-14-11-10(6-8(13)7-16-11)12(18)17-9-2-4-15-5-3-9/h2-7H,1H3,(H,14,16)(H,15,17,18). The maximum absolute atomic E-state index is 12.1. The Kier molecular flexibility index (Phi) is 3.88. The Morgan fingerprint density at radius 2 is 2.06 bits per heavy atom. The van der Waals surface area contributed by atoms with E-state index in [1.807, 2.05) is 0 Å². The molecule has 0 saturated carbocycles. The Labute approximate surface area is 113 Å². The van der Waals surface area contributed by atoms with Crippen molar-refractivity contribution in [2.24, 2.45) is 0 Å². The van der Waals surface area contributed by atoms with Gasteiger partial charge in [0, 0.05) is 35.8 Å². The molecule has 1 amide bonds. The number of nitrogens with one attached hydrogen (secondary N) is 2. The fourth-order valence-electron chi connectivity index (χ4n) is 1.45. The average molecular weight is 307 g/mol. The van der Waals surface area contributed by atoms with Gasteiger partial charge < -0.3 is 10.6 Å². The second-order valence-electron chi connectivity index (χ2n) is 3.49. The highest BCUT2D eigenvalue weighted by atomic mass is 79.9. The van der Waals surface area contributed by atoms with Gasteiger partial charge in [0.25, 0.3) is 5.91 Å². The molecule has 2 rings (SSSR count). The summed E-state index contributed by atoms with van der Waals surface area (Å²) >= 11 is 3.30. The number of carbonyl (C=O) groups excluding carboxylic acids is 1. The van der Waals surface area contributed by atoms with Gasteiger partial charge in [0.05, 0.1) is 5.56 Å². The molecule has 0 aliphatic carbocycles. The lowest BCUT2D eigenvalue weighted by atomic mass is 10.2. The molecule has 2 heterocycles. The smallest absolute Gasteiger partial charge is 0.259 e. The number of carbonyl (C=O) groups is 1. The summed E-state index contributed by atoms with van der Waals surface area (Å²) in [6, 6.07) is 5.17.